The van der Waals surface area contributed by atoms with E-state index in [1.807, 2.05) is 0 Å². The maximum Gasteiger partial charge on any atom is 0.238 e. The standard InChI is InChI=1S/C19H27ClN2O3/c1-2-22(14-7-4-3-5-8-14)13-19(23)21-16-12-18-17(11-15(16)20)24-9-6-10-25-18/h11-12,14H,2-10,13H2,1H3,(H,21,23). The van der Waals surface area contributed by atoms with Gasteiger partial charge in [0.05, 0.1) is 30.5 Å². The highest BCUT2D eigenvalue weighted by atomic mass is 35.5. The summed E-state index contributed by atoms with van der Waals surface area (Å²) < 4.78 is 11.3. The van der Waals surface area contributed by atoms with Gasteiger partial charge in [-0.1, -0.05) is 37.8 Å². The number of anilines is 1. The van der Waals surface area contributed by atoms with Gasteiger partial charge in [-0.25, -0.2) is 0 Å². The number of nitrogens with zero attached hydrogens (tertiary/aromatic N) is 1. The summed E-state index contributed by atoms with van der Waals surface area (Å²) in [6.45, 7) is 4.61. The van der Waals surface area contributed by atoms with E-state index < -0.39 is 0 Å². The summed E-state index contributed by atoms with van der Waals surface area (Å²) in [6, 6.07) is 4.00. The Balaban J connectivity index is 1.64. The van der Waals surface area contributed by atoms with Crippen molar-refractivity contribution in [2.45, 2.75) is 51.5 Å². The molecule has 0 atom stereocenters. The maximum atomic E-state index is 12.5. The van der Waals surface area contributed by atoms with Crippen molar-refractivity contribution >= 4 is 23.2 Å². The molecule has 1 aromatic rings. The molecule has 25 heavy (non-hydrogen) atoms. The normalized spacial score (nSPS) is 18.0. The van der Waals surface area contributed by atoms with E-state index in [-0.39, 0.29) is 5.91 Å². The minimum absolute atomic E-state index is 0.0381. The summed E-state index contributed by atoms with van der Waals surface area (Å²) in [5.41, 5.74) is 0.579. The number of hydrogen-bond donors (Lipinski definition) is 1. The van der Waals surface area contributed by atoms with Gasteiger partial charge in [0.2, 0.25) is 5.91 Å². The molecule has 6 heteroatoms. The molecule has 5 nitrogen and oxygen atoms in total. The van der Waals surface area contributed by atoms with Crippen LogP contribution in [0.15, 0.2) is 12.1 Å². The Morgan fingerprint density at radius 2 is 1.84 bits per heavy atom. The molecule has 1 saturated carbocycles. The quantitative estimate of drug-likeness (QED) is 0.852. The summed E-state index contributed by atoms with van der Waals surface area (Å²) in [5, 5.41) is 3.41. The average molecular weight is 367 g/mol. The first-order valence-corrected chi connectivity index (χ1v) is 9.68. The predicted molar refractivity (Wildman–Crippen MR) is 99.8 cm³/mol. The van der Waals surface area contributed by atoms with Gasteiger partial charge in [-0.05, 0) is 19.4 Å². The van der Waals surface area contributed by atoms with Crippen LogP contribution in [-0.4, -0.2) is 43.2 Å². The molecule has 1 aliphatic heterocycles. The predicted octanol–water partition coefficient (Wildman–Crippen LogP) is 4.09. The van der Waals surface area contributed by atoms with E-state index in [0.29, 0.717) is 48.0 Å². The van der Waals surface area contributed by atoms with Crippen molar-refractivity contribution in [1.29, 1.82) is 0 Å². The Hall–Kier alpha value is -1.46. The van der Waals surface area contributed by atoms with Crippen LogP contribution in [0, 0.1) is 0 Å². The lowest BCUT2D eigenvalue weighted by atomic mass is 9.94. The Bertz CT molecular complexity index is 603. The molecule has 1 N–H and O–H groups in total. The van der Waals surface area contributed by atoms with Gasteiger partial charge in [-0.15, -0.1) is 0 Å². The Morgan fingerprint density at radius 3 is 2.52 bits per heavy atom. The molecular formula is C19H27ClN2O3. The van der Waals surface area contributed by atoms with Crippen LogP contribution in [0.1, 0.15) is 45.4 Å². The molecule has 0 unspecified atom stereocenters. The lowest BCUT2D eigenvalue weighted by molar-refractivity contribution is -0.118. The van der Waals surface area contributed by atoms with Gasteiger partial charge in [0.1, 0.15) is 0 Å². The van der Waals surface area contributed by atoms with Crippen molar-refractivity contribution in [2.24, 2.45) is 0 Å². The number of hydrogen-bond acceptors (Lipinski definition) is 4. The third kappa shape index (κ3) is 4.79. The second-order valence-electron chi connectivity index (χ2n) is 6.73. The average Bonchev–Trinajstić information content (AvgIpc) is 2.85. The first-order valence-electron chi connectivity index (χ1n) is 9.30. The minimum atomic E-state index is -0.0381. The van der Waals surface area contributed by atoms with Gasteiger partial charge in [-0.2, -0.15) is 0 Å². The molecule has 1 amide bonds. The molecule has 3 rings (SSSR count). The van der Waals surface area contributed by atoms with Gasteiger partial charge in [0.25, 0.3) is 0 Å². The molecule has 1 aromatic carbocycles. The number of fused-ring (bicyclic) bond motifs is 1. The van der Waals surface area contributed by atoms with Crippen molar-refractivity contribution in [2.75, 3.05) is 31.6 Å². The van der Waals surface area contributed by atoms with E-state index in [1.165, 1.54) is 32.1 Å². The van der Waals surface area contributed by atoms with Gasteiger partial charge in [0.15, 0.2) is 11.5 Å². The topological polar surface area (TPSA) is 50.8 Å². The molecule has 1 fully saturated rings. The summed E-state index contributed by atoms with van der Waals surface area (Å²) in [6.07, 6.45) is 7.04. The van der Waals surface area contributed by atoms with Crippen LogP contribution in [0.4, 0.5) is 5.69 Å². The van der Waals surface area contributed by atoms with Crippen LogP contribution in [-0.2, 0) is 4.79 Å². The third-order valence-corrected chi connectivity index (χ3v) is 5.27. The molecule has 2 aliphatic rings. The molecule has 1 heterocycles. The Morgan fingerprint density at radius 1 is 1.16 bits per heavy atom. The molecule has 0 bridgehead atoms. The Labute approximate surface area is 154 Å². The second-order valence-corrected chi connectivity index (χ2v) is 7.14. The van der Waals surface area contributed by atoms with Crippen molar-refractivity contribution < 1.29 is 14.3 Å². The van der Waals surface area contributed by atoms with E-state index in [2.05, 4.69) is 17.1 Å². The largest absolute Gasteiger partial charge is 0.490 e. The van der Waals surface area contributed by atoms with Crippen LogP contribution in [0.5, 0.6) is 11.5 Å². The smallest absolute Gasteiger partial charge is 0.238 e. The maximum absolute atomic E-state index is 12.5. The van der Waals surface area contributed by atoms with Gasteiger partial charge < -0.3 is 14.8 Å². The van der Waals surface area contributed by atoms with Gasteiger partial charge >= 0.3 is 0 Å². The van der Waals surface area contributed by atoms with Crippen LogP contribution in [0.25, 0.3) is 0 Å². The second kappa shape index (κ2) is 8.77. The number of nitrogens with one attached hydrogen (secondary N) is 1. The highest BCUT2D eigenvalue weighted by Gasteiger charge is 2.22. The molecule has 1 aliphatic carbocycles. The van der Waals surface area contributed by atoms with Crippen molar-refractivity contribution in [3.05, 3.63) is 17.2 Å². The number of likely N-dealkylation sites (N-methyl/N-ethyl adjacent to an activating group) is 1. The first kappa shape index (κ1) is 18.3. The number of amides is 1. The number of ether oxygens (including phenoxy) is 2. The van der Waals surface area contributed by atoms with Crippen LogP contribution in [0.2, 0.25) is 5.02 Å². The van der Waals surface area contributed by atoms with E-state index in [1.54, 1.807) is 12.1 Å². The fourth-order valence-electron chi connectivity index (χ4n) is 3.60. The number of halogens is 1. The zero-order valence-corrected chi connectivity index (χ0v) is 15.6. The lowest BCUT2D eigenvalue weighted by Gasteiger charge is -2.33. The Kier molecular flexibility index (Phi) is 6.43. The lowest BCUT2D eigenvalue weighted by Crippen LogP contribution is -2.41. The van der Waals surface area contributed by atoms with E-state index in [9.17, 15) is 4.79 Å². The van der Waals surface area contributed by atoms with Crippen molar-refractivity contribution in [1.82, 2.24) is 4.90 Å². The molecular weight excluding hydrogens is 340 g/mol. The van der Waals surface area contributed by atoms with E-state index >= 15 is 0 Å². The minimum Gasteiger partial charge on any atom is -0.490 e. The van der Waals surface area contributed by atoms with E-state index in [0.717, 1.165) is 13.0 Å². The summed E-state index contributed by atoms with van der Waals surface area (Å²) >= 11 is 6.31. The van der Waals surface area contributed by atoms with Crippen molar-refractivity contribution in [3.63, 3.8) is 0 Å². The van der Waals surface area contributed by atoms with Crippen LogP contribution >= 0.6 is 11.6 Å². The fourth-order valence-corrected chi connectivity index (χ4v) is 3.80. The molecule has 138 valence electrons. The number of rotatable bonds is 5. The molecule has 0 saturated heterocycles. The first-order chi connectivity index (χ1) is 12.2. The number of carbonyl (C=O) groups excluding carboxylic acids is 1. The SMILES string of the molecule is CCN(CC(=O)Nc1cc2c(cc1Cl)OCCCO2)C1CCCCC1. The fraction of sp³-hybridized carbons (Fsp3) is 0.632. The van der Waals surface area contributed by atoms with Crippen LogP contribution in [0.3, 0.4) is 0 Å². The molecule has 0 radical (unpaired) electrons. The van der Waals surface area contributed by atoms with Gasteiger partial charge in [-0.3, -0.25) is 9.69 Å². The highest BCUT2D eigenvalue weighted by molar-refractivity contribution is 6.34. The monoisotopic (exact) mass is 366 g/mol. The zero-order chi connectivity index (χ0) is 17.6. The number of carbonyl (C=O) groups is 1. The van der Waals surface area contributed by atoms with Crippen LogP contribution < -0.4 is 14.8 Å². The summed E-state index contributed by atoms with van der Waals surface area (Å²) in [7, 11) is 0. The van der Waals surface area contributed by atoms with Crippen molar-refractivity contribution in [3.8, 4) is 11.5 Å². The third-order valence-electron chi connectivity index (χ3n) is 4.96. The molecule has 0 aromatic heterocycles. The summed E-state index contributed by atoms with van der Waals surface area (Å²) in [5.74, 6) is 1.23. The van der Waals surface area contributed by atoms with Gasteiger partial charge in [0, 0.05) is 24.6 Å². The molecule has 0 spiro atoms. The number of benzene rings is 1. The highest BCUT2D eigenvalue weighted by Crippen LogP contribution is 2.37. The van der Waals surface area contributed by atoms with E-state index in [4.69, 9.17) is 21.1 Å². The zero-order valence-electron chi connectivity index (χ0n) is 14.9. The summed E-state index contributed by atoms with van der Waals surface area (Å²) in [4.78, 5) is 14.8.